The number of hydrogen-bond acceptors (Lipinski definition) is 6. The van der Waals surface area contributed by atoms with E-state index in [1.165, 1.54) is 12.8 Å². The van der Waals surface area contributed by atoms with Crippen molar-refractivity contribution in [2.45, 2.75) is 32.6 Å². The van der Waals surface area contributed by atoms with Crippen molar-refractivity contribution in [2.24, 2.45) is 17.0 Å². The van der Waals surface area contributed by atoms with E-state index in [4.69, 9.17) is 4.74 Å². The van der Waals surface area contributed by atoms with Gasteiger partial charge < -0.3 is 24.4 Å². The molecule has 1 saturated carbocycles. The van der Waals surface area contributed by atoms with Crippen molar-refractivity contribution in [3.05, 3.63) is 64.8 Å². The molecule has 0 bridgehead atoms. The molecule has 4 rings (SSSR count). The highest BCUT2D eigenvalue weighted by atomic mass is 19.1. The molecule has 9 nitrogen and oxygen atoms in total. The van der Waals surface area contributed by atoms with Gasteiger partial charge in [0, 0.05) is 68.4 Å². The molecule has 0 spiro atoms. The van der Waals surface area contributed by atoms with Crippen molar-refractivity contribution < 1.29 is 9.13 Å². The lowest BCUT2D eigenvalue weighted by Gasteiger charge is -2.33. The zero-order chi connectivity index (χ0) is 26.4. The van der Waals surface area contributed by atoms with E-state index in [1.54, 1.807) is 6.08 Å². The second-order valence-corrected chi connectivity index (χ2v) is 9.63. The number of aromatic amines is 1. The highest BCUT2D eigenvalue weighted by Crippen LogP contribution is 2.39. The predicted molar refractivity (Wildman–Crippen MR) is 147 cm³/mol. The maximum absolute atomic E-state index is 13.6. The highest BCUT2D eigenvalue weighted by Gasteiger charge is 2.25. The molecule has 2 aromatic rings. The summed E-state index contributed by atoms with van der Waals surface area (Å²) in [5.74, 6) is 2.59. The van der Waals surface area contributed by atoms with Gasteiger partial charge in [0.1, 0.15) is 23.7 Å². The molecule has 10 heteroatoms. The van der Waals surface area contributed by atoms with Crippen LogP contribution in [0.5, 0.6) is 0 Å². The summed E-state index contributed by atoms with van der Waals surface area (Å²) >= 11 is 0. The van der Waals surface area contributed by atoms with E-state index in [-0.39, 0.29) is 12.5 Å². The fourth-order valence-corrected chi connectivity index (χ4v) is 4.28. The van der Waals surface area contributed by atoms with Crippen LogP contribution in [0.1, 0.15) is 41.4 Å². The average Bonchev–Trinajstić information content (AvgIpc) is 3.59. The third-order valence-corrected chi connectivity index (χ3v) is 6.83. The molecule has 1 aliphatic carbocycles. The molecule has 198 valence electrons. The number of rotatable bonds is 10. The summed E-state index contributed by atoms with van der Waals surface area (Å²) in [5.41, 5.74) is 4.39. The van der Waals surface area contributed by atoms with Gasteiger partial charge in [0.25, 0.3) is 0 Å². The lowest BCUT2D eigenvalue weighted by atomic mass is 10.2. The van der Waals surface area contributed by atoms with Crippen molar-refractivity contribution in [1.29, 1.82) is 0 Å². The standard InChI is InChI=1S/C27H37FN8O/c1-19-14-20(2)35(5)24(19)9-8-22(17-28)37-18-30-27(36-12-10-34(4)11-13-36)16-25(29-3)31-26-15-23(32-33-26)21-6-7-21/h8-9,14-17,21H,3,6-7,10-13,18H2,1-2,4-5H3,(H2,31,32,33)/b9-8-,22-17-,25-16+,30-27+. The van der Waals surface area contributed by atoms with Gasteiger partial charge in [-0.25, -0.2) is 14.4 Å². The van der Waals surface area contributed by atoms with Crippen LogP contribution in [-0.4, -0.2) is 77.1 Å². The van der Waals surface area contributed by atoms with Crippen molar-refractivity contribution in [2.75, 3.05) is 45.3 Å². The van der Waals surface area contributed by atoms with Gasteiger partial charge in [0.2, 0.25) is 0 Å². The molecule has 2 aliphatic rings. The zero-order valence-corrected chi connectivity index (χ0v) is 22.2. The molecular weight excluding hydrogens is 471 g/mol. The Morgan fingerprint density at radius 1 is 1.24 bits per heavy atom. The first-order valence-corrected chi connectivity index (χ1v) is 12.6. The second-order valence-electron chi connectivity index (χ2n) is 9.63. The summed E-state index contributed by atoms with van der Waals surface area (Å²) in [4.78, 5) is 13.2. The number of piperazine rings is 1. The Labute approximate surface area is 218 Å². The summed E-state index contributed by atoms with van der Waals surface area (Å²) < 4.78 is 21.3. The molecule has 37 heavy (non-hydrogen) atoms. The monoisotopic (exact) mass is 508 g/mol. The summed E-state index contributed by atoms with van der Waals surface area (Å²) in [6.07, 6.45) is 8.14. The molecule has 2 N–H and O–H groups in total. The maximum atomic E-state index is 13.6. The van der Waals surface area contributed by atoms with Crippen LogP contribution in [0.4, 0.5) is 10.2 Å². The van der Waals surface area contributed by atoms with Crippen molar-refractivity contribution in [1.82, 2.24) is 24.6 Å². The van der Waals surface area contributed by atoms with Gasteiger partial charge in [-0.2, -0.15) is 5.10 Å². The van der Waals surface area contributed by atoms with Crippen LogP contribution in [0.25, 0.3) is 6.08 Å². The van der Waals surface area contributed by atoms with Crippen LogP contribution < -0.4 is 5.32 Å². The first-order chi connectivity index (χ1) is 17.9. The number of anilines is 1. The number of nitrogens with zero attached hydrogens (tertiary/aromatic N) is 6. The Kier molecular flexibility index (Phi) is 8.60. The largest absolute Gasteiger partial charge is 0.469 e. The van der Waals surface area contributed by atoms with Gasteiger partial charge in [-0.05, 0) is 64.2 Å². The number of ether oxygens (including phenoxy) is 1. The van der Waals surface area contributed by atoms with E-state index in [0.717, 1.165) is 48.8 Å². The normalized spacial score (nSPS) is 18.1. The van der Waals surface area contributed by atoms with Crippen LogP contribution in [0, 0.1) is 13.8 Å². The van der Waals surface area contributed by atoms with E-state index in [2.05, 4.69) is 59.7 Å². The van der Waals surface area contributed by atoms with Gasteiger partial charge in [0.15, 0.2) is 12.5 Å². The fourth-order valence-electron chi connectivity index (χ4n) is 4.28. The molecule has 1 saturated heterocycles. The third-order valence-electron chi connectivity index (χ3n) is 6.83. The van der Waals surface area contributed by atoms with E-state index in [9.17, 15) is 4.39 Å². The van der Waals surface area contributed by atoms with Gasteiger partial charge in [-0.1, -0.05) is 0 Å². The van der Waals surface area contributed by atoms with Crippen molar-refractivity contribution >= 4 is 24.4 Å². The summed E-state index contributed by atoms with van der Waals surface area (Å²) in [7, 11) is 4.08. The molecule has 1 aliphatic heterocycles. The molecule has 2 aromatic heterocycles. The number of aliphatic imine (C=N–C) groups is 2. The minimum absolute atomic E-state index is 0.0396. The smallest absolute Gasteiger partial charge is 0.181 e. The Balaban J connectivity index is 1.47. The molecule has 0 unspecified atom stereocenters. The number of halogens is 1. The number of H-pyrrole nitrogens is 1. The number of likely N-dealkylation sites (N-methyl/N-ethyl adjacent to an activating group) is 1. The molecule has 3 heterocycles. The minimum atomic E-state index is -0.0396. The maximum Gasteiger partial charge on any atom is 0.181 e. The molecule has 0 aromatic carbocycles. The van der Waals surface area contributed by atoms with Crippen LogP contribution in [0.3, 0.4) is 0 Å². The highest BCUT2D eigenvalue weighted by molar-refractivity contribution is 5.94. The van der Waals surface area contributed by atoms with Gasteiger partial charge >= 0.3 is 0 Å². The Hall–Kier alpha value is -3.66. The second kappa shape index (κ2) is 12.1. The first kappa shape index (κ1) is 26.4. The van der Waals surface area contributed by atoms with Crippen LogP contribution in [0.2, 0.25) is 0 Å². The first-order valence-electron chi connectivity index (χ1n) is 12.6. The van der Waals surface area contributed by atoms with E-state index < -0.39 is 0 Å². The summed E-state index contributed by atoms with van der Waals surface area (Å²) in [6.45, 7) is 11.2. The van der Waals surface area contributed by atoms with Crippen LogP contribution in [-0.2, 0) is 11.8 Å². The van der Waals surface area contributed by atoms with Crippen molar-refractivity contribution in [3.8, 4) is 0 Å². The SMILES string of the molecule is C=N/C(=C\C(=N/COC(/C=C\c1c(C)cc(C)n1C)=C\F)N1CCN(C)CC1)Nc1cc(C2CC2)[nH]n1. The average molecular weight is 509 g/mol. The number of amidine groups is 1. The topological polar surface area (TPSA) is 86.1 Å². The minimum Gasteiger partial charge on any atom is -0.469 e. The number of aryl methyl sites for hydroxylation is 2. The summed E-state index contributed by atoms with van der Waals surface area (Å²) in [5, 5.41) is 10.6. The lowest BCUT2D eigenvalue weighted by molar-refractivity contribution is 0.208. The molecule has 0 radical (unpaired) electrons. The Morgan fingerprint density at radius 2 is 2.00 bits per heavy atom. The molecule has 2 fully saturated rings. The van der Waals surface area contributed by atoms with Crippen LogP contribution in [0.15, 0.2) is 52.2 Å². The van der Waals surface area contributed by atoms with Gasteiger partial charge in [-0.3, -0.25) is 5.10 Å². The fraction of sp³-hybridized carbons (Fsp3) is 0.444. The quantitative estimate of drug-likeness (QED) is 0.216. The third kappa shape index (κ3) is 6.97. The van der Waals surface area contributed by atoms with Gasteiger partial charge in [-0.15, -0.1) is 0 Å². The zero-order valence-electron chi connectivity index (χ0n) is 22.2. The van der Waals surface area contributed by atoms with Crippen LogP contribution >= 0.6 is 0 Å². The number of hydrogen-bond donors (Lipinski definition) is 2. The van der Waals surface area contributed by atoms with Gasteiger partial charge in [0.05, 0.1) is 0 Å². The predicted octanol–water partition coefficient (Wildman–Crippen LogP) is 4.34. The number of allylic oxidation sites excluding steroid dienone is 1. The molecule has 0 atom stereocenters. The van der Waals surface area contributed by atoms with E-state index in [0.29, 0.717) is 29.7 Å². The molecule has 0 amide bonds. The Bertz CT molecular complexity index is 1210. The summed E-state index contributed by atoms with van der Waals surface area (Å²) in [6, 6.07) is 4.10. The lowest BCUT2D eigenvalue weighted by Crippen LogP contribution is -2.47. The van der Waals surface area contributed by atoms with E-state index in [1.807, 2.05) is 39.1 Å². The number of aromatic nitrogens is 3. The van der Waals surface area contributed by atoms with Crippen molar-refractivity contribution in [3.63, 3.8) is 0 Å². The van der Waals surface area contributed by atoms with E-state index >= 15 is 0 Å². The Morgan fingerprint density at radius 3 is 2.62 bits per heavy atom. The molecular formula is C27H37FN8O. The number of nitrogens with one attached hydrogen (secondary N) is 2.